The molecule has 1 aliphatic heterocycles. The van der Waals surface area contributed by atoms with Crippen molar-refractivity contribution in [2.75, 3.05) is 19.0 Å². The summed E-state index contributed by atoms with van der Waals surface area (Å²) in [5.74, 6) is 0.416. The van der Waals surface area contributed by atoms with Gasteiger partial charge in [0.05, 0.1) is 20.0 Å². The number of nitrogens with zero attached hydrogens (tertiary/aromatic N) is 4. The van der Waals surface area contributed by atoms with E-state index in [0.29, 0.717) is 17.0 Å². The van der Waals surface area contributed by atoms with Crippen LogP contribution >= 0.6 is 0 Å². The van der Waals surface area contributed by atoms with Crippen molar-refractivity contribution >= 4 is 22.9 Å². The van der Waals surface area contributed by atoms with Crippen molar-refractivity contribution in [2.45, 2.75) is 24.5 Å². The molecule has 1 fully saturated rings. The number of rotatable bonds is 5. The van der Waals surface area contributed by atoms with Gasteiger partial charge in [-0.1, -0.05) is 0 Å². The van der Waals surface area contributed by atoms with Gasteiger partial charge in [0.2, 0.25) is 0 Å². The minimum absolute atomic E-state index is 0.182. The summed E-state index contributed by atoms with van der Waals surface area (Å²) in [6, 6.07) is 6.57. The maximum absolute atomic E-state index is 12.5. The van der Waals surface area contributed by atoms with Crippen LogP contribution in [0.25, 0.3) is 11.2 Å². The van der Waals surface area contributed by atoms with Crippen molar-refractivity contribution in [3.8, 4) is 5.75 Å². The third-order valence-electron chi connectivity index (χ3n) is 4.73. The number of hydrogen-bond donors (Lipinski definition) is 4. The van der Waals surface area contributed by atoms with Gasteiger partial charge >= 0.3 is 0 Å². The molecule has 4 atom stereocenters. The smallest absolute Gasteiger partial charge is 0.256 e. The fraction of sp³-hybridized carbons (Fsp3) is 0.333. The number of carbonyl (C=O) groups is 1. The third kappa shape index (κ3) is 3.40. The van der Waals surface area contributed by atoms with E-state index >= 15 is 0 Å². The number of methoxy groups -OCH3 is 1. The summed E-state index contributed by atoms with van der Waals surface area (Å²) in [5.41, 5.74) is 0.979. The number of imidazole rings is 1. The van der Waals surface area contributed by atoms with Crippen LogP contribution in [0.4, 0.5) is 5.82 Å². The molecule has 152 valence electrons. The minimum atomic E-state index is -1.28. The van der Waals surface area contributed by atoms with Gasteiger partial charge in [-0.25, -0.2) is 15.0 Å². The van der Waals surface area contributed by atoms with Crippen LogP contribution in [-0.4, -0.2) is 72.8 Å². The lowest BCUT2D eigenvalue weighted by atomic mass is 10.1. The van der Waals surface area contributed by atoms with Crippen molar-refractivity contribution in [3.05, 3.63) is 42.5 Å². The molecule has 0 unspecified atom stereocenters. The van der Waals surface area contributed by atoms with Crippen molar-refractivity contribution < 1.29 is 29.6 Å². The predicted molar refractivity (Wildman–Crippen MR) is 99.3 cm³/mol. The first-order valence-electron chi connectivity index (χ1n) is 8.79. The number of hydrogen-bond acceptors (Lipinski definition) is 9. The van der Waals surface area contributed by atoms with Gasteiger partial charge in [0.15, 0.2) is 23.2 Å². The van der Waals surface area contributed by atoms with E-state index in [-0.39, 0.29) is 11.3 Å². The van der Waals surface area contributed by atoms with E-state index in [0.717, 1.165) is 0 Å². The second kappa shape index (κ2) is 7.72. The Bertz CT molecular complexity index is 1020. The van der Waals surface area contributed by atoms with Crippen LogP contribution in [0.2, 0.25) is 0 Å². The lowest BCUT2D eigenvalue weighted by molar-refractivity contribution is -0.0511. The van der Waals surface area contributed by atoms with Crippen LogP contribution in [0.1, 0.15) is 16.6 Å². The summed E-state index contributed by atoms with van der Waals surface area (Å²) in [4.78, 5) is 25.0. The van der Waals surface area contributed by atoms with E-state index in [1.165, 1.54) is 24.3 Å². The molecule has 11 heteroatoms. The number of aliphatic hydroxyl groups is 3. The standard InChI is InChI=1S/C18H19N5O6/c1-28-10-4-2-9(3-5-10)17(27)22-15-12-16(20-7-19-15)23(8-21-12)18-14(26)13(25)11(6-24)29-18/h2-5,7-8,11,13-14,18,24-26H,6H2,1H3,(H,19,20,22,27)/t11-,13+,14-,18-/m1/s1. The Balaban J connectivity index is 1.61. The van der Waals surface area contributed by atoms with Crippen molar-refractivity contribution in [1.82, 2.24) is 19.5 Å². The fourth-order valence-electron chi connectivity index (χ4n) is 3.16. The van der Waals surface area contributed by atoms with Gasteiger partial charge in [0, 0.05) is 5.56 Å². The summed E-state index contributed by atoms with van der Waals surface area (Å²) in [6.45, 7) is -0.445. The number of fused-ring (bicyclic) bond motifs is 1. The first-order chi connectivity index (χ1) is 14.0. The van der Waals surface area contributed by atoms with Gasteiger partial charge in [0.1, 0.15) is 30.4 Å². The van der Waals surface area contributed by atoms with E-state index in [1.807, 2.05) is 0 Å². The first-order valence-corrected chi connectivity index (χ1v) is 8.79. The van der Waals surface area contributed by atoms with Gasteiger partial charge in [-0.3, -0.25) is 9.36 Å². The molecule has 1 saturated heterocycles. The third-order valence-corrected chi connectivity index (χ3v) is 4.73. The normalized spacial score (nSPS) is 24.0. The molecule has 4 rings (SSSR count). The molecule has 11 nitrogen and oxygen atoms in total. The molecule has 0 aliphatic carbocycles. The van der Waals surface area contributed by atoms with E-state index in [2.05, 4.69) is 20.3 Å². The average molecular weight is 401 g/mol. The predicted octanol–water partition coefficient (Wildman–Crippen LogP) is -0.301. The lowest BCUT2D eigenvalue weighted by Gasteiger charge is -2.16. The highest BCUT2D eigenvalue weighted by atomic mass is 16.6. The summed E-state index contributed by atoms with van der Waals surface area (Å²) < 4.78 is 12.0. The quantitative estimate of drug-likeness (QED) is 0.451. The Morgan fingerprint density at radius 3 is 2.62 bits per heavy atom. The van der Waals surface area contributed by atoms with E-state index in [1.54, 1.807) is 24.3 Å². The number of nitrogens with one attached hydrogen (secondary N) is 1. The zero-order valence-electron chi connectivity index (χ0n) is 15.3. The number of aromatic nitrogens is 4. The van der Waals surface area contributed by atoms with Gasteiger partial charge in [-0.05, 0) is 24.3 Å². The Hall–Kier alpha value is -3.12. The molecule has 0 spiro atoms. The molecule has 1 amide bonds. The molecule has 3 heterocycles. The lowest BCUT2D eigenvalue weighted by Crippen LogP contribution is -2.33. The van der Waals surface area contributed by atoms with E-state index in [4.69, 9.17) is 9.47 Å². The molecule has 0 bridgehead atoms. The SMILES string of the molecule is COc1ccc(C(=O)Nc2ncnc3c2ncn3[C@@H]2O[C@H](CO)[C@H](O)[C@H]2O)cc1. The molecular formula is C18H19N5O6. The molecule has 29 heavy (non-hydrogen) atoms. The number of ether oxygens (including phenoxy) is 2. The van der Waals surface area contributed by atoms with Gasteiger partial charge in [-0.2, -0.15) is 0 Å². The minimum Gasteiger partial charge on any atom is -0.497 e. The fourth-order valence-corrected chi connectivity index (χ4v) is 3.16. The zero-order valence-corrected chi connectivity index (χ0v) is 15.3. The van der Waals surface area contributed by atoms with Crippen LogP contribution in [0.15, 0.2) is 36.9 Å². The maximum Gasteiger partial charge on any atom is 0.256 e. The number of anilines is 1. The van der Waals surface area contributed by atoms with Gasteiger partial charge in [0.25, 0.3) is 5.91 Å². The Morgan fingerprint density at radius 2 is 1.97 bits per heavy atom. The maximum atomic E-state index is 12.5. The van der Waals surface area contributed by atoms with Crippen LogP contribution in [0.5, 0.6) is 5.75 Å². The van der Waals surface area contributed by atoms with E-state index in [9.17, 15) is 20.1 Å². The number of aliphatic hydroxyl groups excluding tert-OH is 3. The molecule has 2 aromatic heterocycles. The number of amides is 1. The van der Waals surface area contributed by atoms with Crippen LogP contribution in [-0.2, 0) is 4.74 Å². The highest BCUT2D eigenvalue weighted by Crippen LogP contribution is 2.32. The summed E-state index contributed by atoms with van der Waals surface area (Å²) in [7, 11) is 1.54. The monoisotopic (exact) mass is 401 g/mol. The van der Waals surface area contributed by atoms with Crippen LogP contribution in [0, 0.1) is 0 Å². The first kappa shape index (κ1) is 19.2. The zero-order chi connectivity index (χ0) is 20.5. The highest BCUT2D eigenvalue weighted by molar-refractivity contribution is 6.06. The van der Waals surface area contributed by atoms with Gasteiger partial charge in [-0.15, -0.1) is 0 Å². The summed E-state index contributed by atoms with van der Waals surface area (Å²) >= 11 is 0. The van der Waals surface area contributed by atoms with Crippen LogP contribution < -0.4 is 10.1 Å². The highest BCUT2D eigenvalue weighted by Gasteiger charge is 2.44. The molecule has 1 aliphatic rings. The molecule has 0 saturated carbocycles. The molecule has 0 radical (unpaired) electrons. The largest absolute Gasteiger partial charge is 0.497 e. The summed E-state index contributed by atoms with van der Waals surface area (Å²) in [6.07, 6.45) is -1.85. The molecular weight excluding hydrogens is 382 g/mol. The second-order valence-electron chi connectivity index (χ2n) is 6.46. The van der Waals surface area contributed by atoms with Crippen molar-refractivity contribution in [1.29, 1.82) is 0 Å². The van der Waals surface area contributed by atoms with Gasteiger partial charge < -0.3 is 30.1 Å². The van der Waals surface area contributed by atoms with E-state index < -0.39 is 37.1 Å². The van der Waals surface area contributed by atoms with Crippen LogP contribution in [0.3, 0.4) is 0 Å². The molecule has 1 aromatic carbocycles. The number of benzene rings is 1. The summed E-state index contributed by atoms with van der Waals surface area (Å²) in [5, 5.41) is 32.2. The second-order valence-corrected chi connectivity index (χ2v) is 6.46. The Labute approximate surface area is 164 Å². The Kier molecular flexibility index (Phi) is 5.11. The van der Waals surface area contributed by atoms with Crippen molar-refractivity contribution in [3.63, 3.8) is 0 Å². The topological polar surface area (TPSA) is 152 Å². The Morgan fingerprint density at radius 1 is 1.21 bits per heavy atom. The molecule has 4 N–H and O–H groups in total. The molecule has 3 aromatic rings. The average Bonchev–Trinajstić information content (AvgIpc) is 3.30. The number of carbonyl (C=O) groups excluding carboxylic acids is 1. The van der Waals surface area contributed by atoms with Crippen molar-refractivity contribution in [2.24, 2.45) is 0 Å².